The van der Waals surface area contributed by atoms with E-state index in [4.69, 9.17) is 182 Å². The predicted molar refractivity (Wildman–Crippen MR) is 537 cm³/mol. The van der Waals surface area contributed by atoms with Gasteiger partial charge in [0.1, 0.15) is 22.6 Å². The van der Waals surface area contributed by atoms with Crippen LogP contribution in [-0.2, 0) is 51.5 Å². The van der Waals surface area contributed by atoms with Crippen LogP contribution in [0, 0.1) is 22.7 Å². The molecule has 0 aromatic heterocycles. The van der Waals surface area contributed by atoms with Gasteiger partial charge < -0.3 is 61.4 Å². The molecule has 0 heterocycles. The van der Waals surface area contributed by atoms with Crippen molar-refractivity contribution in [3.63, 3.8) is 0 Å². The summed E-state index contributed by atoms with van der Waals surface area (Å²) in [6, 6.07) is 37.3. The van der Waals surface area contributed by atoms with Crippen LogP contribution in [-0.4, -0.2) is 126 Å². The number of ether oxygens (including phenoxy) is 3. The molecule has 12 rings (SSSR count). The van der Waals surface area contributed by atoms with E-state index < -0.39 is 90.2 Å². The number of halogens is 14. The van der Waals surface area contributed by atoms with Crippen molar-refractivity contribution in [1.29, 1.82) is 10.5 Å². The Bertz CT molecular complexity index is 4700. The summed E-state index contributed by atoms with van der Waals surface area (Å²) in [7, 11) is 0. The Balaban J connectivity index is 0.000000242. The van der Waals surface area contributed by atoms with Crippen LogP contribution < -0.4 is 21.7 Å². The van der Waals surface area contributed by atoms with Gasteiger partial charge >= 0.3 is 18.3 Å². The van der Waals surface area contributed by atoms with Gasteiger partial charge in [-0.2, -0.15) is 10.5 Å². The topological polar surface area (TPSA) is 307 Å². The third-order valence-corrected chi connectivity index (χ3v) is 29.2. The van der Waals surface area contributed by atoms with Crippen LogP contribution in [0.15, 0.2) is 109 Å². The van der Waals surface area contributed by atoms with Gasteiger partial charge in [-0.25, -0.2) is 14.4 Å². The number of aliphatic hydroxyl groups is 5. The number of alkyl halides is 2. The lowest BCUT2D eigenvalue weighted by molar-refractivity contribution is -0.121. The van der Waals surface area contributed by atoms with Crippen LogP contribution in [0.5, 0.6) is 0 Å². The van der Waals surface area contributed by atoms with Crippen molar-refractivity contribution in [3.8, 4) is 12.1 Å². The van der Waals surface area contributed by atoms with Gasteiger partial charge in [0.2, 0.25) is 0 Å². The highest BCUT2D eigenvalue weighted by molar-refractivity contribution is 6.44. The summed E-state index contributed by atoms with van der Waals surface area (Å²) in [5.74, 6) is 0.142. The molecule has 0 aliphatic heterocycles. The van der Waals surface area contributed by atoms with E-state index in [1.807, 2.05) is 145 Å². The molecular weight excluding hydrogens is 1960 g/mol. The van der Waals surface area contributed by atoms with E-state index in [-0.39, 0.29) is 23.0 Å². The number of ketones is 1. The minimum Gasteiger partial charge on any atom is -0.444 e. The molecule has 11 atom stereocenters. The maximum atomic E-state index is 12.1. The third-order valence-electron chi connectivity index (χ3n) is 24.7. The predicted octanol–water partition coefficient (Wildman–Crippen LogP) is 28.2. The molecule has 131 heavy (non-hydrogen) atoms. The number of hydrogen-bond acceptors (Lipinski definition) is 15. The summed E-state index contributed by atoms with van der Waals surface area (Å²) in [5, 5.41) is 86.0. The smallest absolute Gasteiger partial charge is 0.407 e. The highest BCUT2D eigenvalue weighted by Gasteiger charge is 2.49. The second-order valence-corrected chi connectivity index (χ2v) is 46.1. The number of benzene rings is 6. The minimum atomic E-state index is -0.792. The molecule has 0 radical (unpaired) electrons. The monoisotopic (exact) mass is 2080 g/mol. The first-order chi connectivity index (χ1) is 60.5. The summed E-state index contributed by atoms with van der Waals surface area (Å²) in [6.45, 7) is 27.3. The summed E-state index contributed by atoms with van der Waals surface area (Å²) in [6.07, 6.45) is 16.1. The van der Waals surface area contributed by atoms with Gasteiger partial charge in [0.05, 0.1) is 117 Å². The zero-order valence-corrected chi connectivity index (χ0v) is 87.8. The van der Waals surface area contributed by atoms with Crippen LogP contribution in [0.1, 0.15) is 284 Å². The number of nitrogens with two attached hydrogens (primary N) is 1. The second-order valence-electron chi connectivity index (χ2n) is 40.4. The number of Topliss-reactive ketones (excluding diaryl/α,β-unsaturated/α-hetero) is 1. The Kier molecular flexibility index (Phi) is 42.7. The van der Waals surface area contributed by atoms with Crippen molar-refractivity contribution in [2.45, 2.75) is 328 Å². The van der Waals surface area contributed by atoms with Crippen molar-refractivity contribution in [2.24, 2.45) is 5.73 Å². The largest absolute Gasteiger partial charge is 0.444 e. The van der Waals surface area contributed by atoms with Crippen molar-refractivity contribution < 1.29 is 58.9 Å². The van der Waals surface area contributed by atoms with Crippen LogP contribution >= 0.6 is 162 Å². The summed E-state index contributed by atoms with van der Waals surface area (Å²) in [4.78, 5) is 47.9. The molecule has 7 unspecified atom stereocenters. The van der Waals surface area contributed by atoms with Gasteiger partial charge in [0.25, 0.3) is 0 Å². The minimum absolute atomic E-state index is 0.142. The molecule has 6 aromatic carbocycles. The zero-order chi connectivity index (χ0) is 98.6. The Morgan fingerprint density at radius 1 is 0.351 bits per heavy atom. The van der Waals surface area contributed by atoms with Crippen molar-refractivity contribution in [1.82, 2.24) is 16.0 Å². The average Bonchev–Trinajstić information content (AvgIpc) is 0.643. The fraction of sp³-hybridized carbons (Fsp3) is 0.576. The van der Waals surface area contributed by atoms with E-state index in [0.29, 0.717) is 131 Å². The summed E-state index contributed by atoms with van der Waals surface area (Å²) < 4.78 is 16.0. The number of hydrogen-bond donors (Lipinski definition) is 9. The van der Waals surface area contributed by atoms with Crippen molar-refractivity contribution in [2.75, 3.05) is 31.5 Å². The quantitative estimate of drug-likeness (QED) is 0.0383. The second kappa shape index (κ2) is 48.5. The maximum Gasteiger partial charge on any atom is 0.407 e. The van der Waals surface area contributed by atoms with Gasteiger partial charge in [-0.15, -0.1) is 23.2 Å². The Hall–Kier alpha value is -4.40. The molecule has 6 saturated carbocycles. The molecule has 6 aliphatic rings. The van der Waals surface area contributed by atoms with Crippen LogP contribution in [0.3, 0.4) is 0 Å². The number of amides is 3. The van der Waals surface area contributed by atoms with Gasteiger partial charge in [-0.1, -0.05) is 176 Å². The molecule has 6 aromatic rings. The summed E-state index contributed by atoms with van der Waals surface area (Å²) in [5.41, 5.74) is 3.35. The van der Waals surface area contributed by atoms with Crippen LogP contribution in [0.2, 0.25) is 60.3 Å². The van der Waals surface area contributed by atoms with Crippen molar-refractivity contribution in [3.05, 3.63) is 203 Å². The number of nitriles is 2. The fourth-order valence-electron chi connectivity index (χ4n) is 19.0. The molecule has 10 N–H and O–H groups in total. The average molecular weight is 2090 g/mol. The molecule has 0 bridgehead atoms. The number of alkyl carbamates (subject to hydrolysis) is 3. The van der Waals surface area contributed by atoms with E-state index in [9.17, 15) is 55.2 Å². The maximum absolute atomic E-state index is 12.1. The van der Waals surface area contributed by atoms with Gasteiger partial charge in [0, 0.05) is 60.7 Å². The normalized spacial score (nSPS) is 27.6. The lowest BCUT2D eigenvalue weighted by Gasteiger charge is -2.44. The highest BCUT2D eigenvalue weighted by atomic mass is 35.5. The van der Waals surface area contributed by atoms with E-state index in [1.54, 1.807) is 61.5 Å². The number of carbonyl (C=O) groups is 4. The first-order valence-electron chi connectivity index (χ1n) is 44.0. The van der Waals surface area contributed by atoms with Gasteiger partial charge in [-0.3, -0.25) is 4.79 Å². The molecule has 18 nitrogen and oxygen atoms in total. The fourth-order valence-corrected chi connectivity index (χ4v) is 20.7. The molecular formula is C99H128Cl14N6O12. The first-order valence-corrected chi connectivity index (χ1v) is 49.6. The Morgan fingerprint density at radius 3 is 0.809 bits per heavy atom. The number of rotatable bonds is 13. The highest BCUT2D eigenvalue weighted by Crippen LogP contribution is 2.51. The summed E-state index contributed by atoms with van der Waals surface area (Å²) >= 11 is 82.1. The van der Waals surface area contributed by atoms with E-state index in [1.165, 1.54) is 0 Å². The molecule has 0 spiro atoms. The molecule has 3 amide bonds. The van der Waals surface area contributed by atoms with Crippen molar-refractivity contribution >= 4 is 186 Å². The van der Waals surface area contributed by atoms with E-state index >= 15 is 0 Å². The van der Waals surface area contributed by atoms with Crippen LogP contribution in [0.25, 0.3) is 0 Å². The Morgan fingerprint density at radius 2 is 0.573 bits per heavy atom. The van der Waals surface area contributed by atoms with E-state index in [2.05, 4.69) is 28.1 Å². The standard InChI is InChI=1S/3C19H27Cl2NO3.C14H19Cl2NO.C14H15Cl2NO.C13H11Cl2NO.CH2Cl2/c3*1-17(2,3)25-16(23)22-12-19(9-5-8-18(4,24)11-19)13-6-7-14(20)15(21)10-13;2*1-13(18)5-2-6-14(8-13,9-17)10-3-4-11(15)12(16)7-10;14-11-4-3-9(6-12(11)15)13(8-16)5-1-2-10(17)7-13;2-1-3/h3*6-7,10,24H,5,8-9,11-12H2,1-4H3,(H,22,23);3-4,7,18H,2,5-6,8-9,17H2,1H3;3-4,7,18H,2,5-6,8H2,1H3;3-4,6H,1-2,5,7H2;1H2/t2*18-,19-;;;;;/m10...../s1. The van der Waals surface area contributed by atoms with Crippen LogP contribution in [0.4, 0.5) is 14.4 Å². The third kappa shape index (κ3) is 35.2. The number of carbonyl (C=O) groups excluding carboxylic acids is 4. The van der Waals surface area contributed by atoms with Gasteiger partial charge in [0.15, 0.2) is 0 Å². The first kappa shape index (κ1) is 115. The molecule has 0 saturated heterocycles. The SMILES string of the molecule is CC(C)(C)OC(=O)NC[C@@]1(c2ccc(Cl)c(Cl)c2)CCC[C@@](C)(O)C1.CC(C)(C)OC(=O)NC[C@]1(c2ccc(Cl)c(Cl)c2)CCC[C@](C)(O)C1.CC1(O)CCCC(C#N)(c2ccc(Cl)c(Cl)c2)C1.CC1(O)CCCC(CN)(c2ccc(Cl)c(Cl)c2)C1.CC1(O)CCCC(CNC(=O)OC(C)(C)C)(c2ccc(Cl)c(Cl)c2)C1.ClCCl.N#CC1(c2ccc(Cl)c(Cl)c2)CCCC(=O)C1. The van der Waals surface area contributed by atoms with Gasteiger partial charge in [-0.05, 0) is 344 Å². The molecule has 6 aliphatic carbocycles. The Labute approximate surface area is 845 Å². The number of nitrogens with zero attached hydrogens (tertiary/aromatic N) is 2. The van der Waals surface area contributed by atoms with E-state index in [0.717, 1.165) is 136 Å². The molecule has 6 fully saturated rings. The molecule has 724 valence electrons. The lowest BCUT2D eigenvalue weighted by atomic mass is 9.64. The molecule has 32 heteroatoms. The lowest BCUT2D eigenvalue weighted by Crippen LogP contribution is -2.49. The number of nitrogens with one attached hydrogen (secondary N) is 3. The zero-order valence-electron chi connectivity index (χ0n) is 77.3.